The number of carbonyl (C=O) groups is 1. The Labute approximate surface area is 130 Å². The summed E-state index contributed by atoms with van der Waals surface area (Å²) < 4.78 is 6.82. The Balaban J connectivity index is 1.94. The first kappa shape index (κ1) is 16.5. The molecule has 1 aromatic rings. The molecule has 0 aromatic carbocycles. The van der Waals surface area contributed by atoms with Crippen LogP contribution in [0.3, 0.4) is 0 Å². The van der Waals surface area contributed by atoms with Gasteiger partial charge in [-0.15, -0.1) is 0 Å². The van der Waals surface area contributed by atoms with Gasteiger partial charge < -0.3 is 14.5 Å². The van der Waals surface area contributed by atoms with Crippen molar-refractivity contribution in [1.29, 1.82) is 0 Å². The van der Waals surface area contributed by atoms with Crippen LogP contribution in [0.5, 0.6) is 0 Å². The zero-order chi connectivity index (χ0) is 16.1. The number of rotatable bonds is 5. The van der Waals surface area contributed by atoms with Gasteiger partial charge in [0.05, 0.1) is 18.0 Å². The zero-order valence-electron chi connectivity index (χ0n) is 13.5. The quantitative estimate of drug-likeness (QED) is 0.784. The van der Waals surface area contributed by atoms with Crippen molar-refractivity contribution in [2.75, 3.05) is 39.2 Å². The number of carbonyl (C=O) groups excluding carboxylic acids is 1. The molecular formula is C15H24N4O3. The monoisotopic (exact) mass is 308 g/mol. The minimum Gasteiger partial charge on any atom is -0.376 e. The number of likely N-dealkylation sites (N-methyl/N-ethyl adjacent to an activating group) is 1. The Morgan fingerprint density at radius 1 is 1.41 bits per heavy atom. The van der Waals surface area contributed by atoms with E-state index in [1.54, 1.807) is 23.0 Å². The highest BCUT2D eigenvalue weighted by molar-refractivity contribution is 5.75. The lowest BCUT2D eigenvalue weighted by Crippen LogP contribution is -2.40. The van der Waals surface area contributed by atoms with E-state index in [9.17, 15) is 9.59 Å². The number of amides is 1. The molecule has 7 heteroatoms. The minimum atomic E-state index is -0.276. The van der Waals surface area contributed by atoms with Crippen LogP contribution < -0.4 is 10.5 Å². The first-order chi connectivity index (χ1) is 10.5. The zero-order valence-corrected chi connectivity index (χ0v) is 13.5. The normalized spacial score (nSPS) is 18.0. The molecule has 1 fully saturated rings. The van der Waals surface area contributed by atoms with Gasteiger partial charge in [0.25, 0.3) is 5.56 Å². The Kier molecular flexibility index (Phi) is 5.54. The number of hydrogen-bond acceptors (Lipinski definition) is 5. The second-order valence-electron chi connectivity index (χ2n) is 5.87. The summed E-state index contributed by atoms with van der Waals surface area (Å²) in [6.07, 6.45) is 4.89. The number of nitrogens with zero attached hydrogens (tertiary/aromatic N) is 4. The smallest absolute Gasteiger partial charge is 0.269 e. The first-order valence-electron chi connectivity index (χ1n) is 7.57. The molecule has 2 heterocycles. The molecule has 1 atom stereocenters. The molecule has 22 heavy (non-hydrogen) atoms. The van der Waals surface area contributed by atoms with E-state index in [1.807, 2.05) is 14.1 Å². The summed E-state index contributed by atoms with van der Waals surface area (Å²) in [5.41, 5.74) is 0.444. The van der Waals surface area contributed by atoms with E-state index >= 15 is 0 Å². The second kappa shape index (κ2) is 7.40. The van der Waals surface area contributed by atoms with Crippen LogP contribution in [0.1, 0.15) is 19.3 Å². The molecule has 0 aliphatic carbocycles. The first-order valence-corrected chi connectivity index (χ1v) is 7.57. The lowest BCUT2D eigenvalue weighted by Gasteiger charge is -2.27. The van der Waals surface area contributed by atoms with Gasteiger partial charge in [-0.2, -0.15) is 5.10 Å². The van der Waals surface area contributed by atoms with E-state index < -0.39 is 0 Å². The molecule has 0 saturated carbocycles. The van der Waals surface area contributed by atoms with Crippen LogP contribution in [0, 0.1) is 0 Å². The fourth-order valence-corrected chi connectivity index (χ4v) is 2.39. The van der Waals surface area contributed by atoms with E-state index in [0.29, 0.717) is 6.54 Å². The average molecular weight is 308 g/mol. The molecule has 0 N–H and O–H groups in total. The molecule has 1 aliphatic heterocycles. The minimum absolute atomic E-state index is 0.0459. The molecule has 0 radical (unpaired) electrons. The summed E-state index contributed by atoms with van der Waals surface area (Å²) in [5, 5.41) is 4.05. The van der Waals surface area contributed by atoms with Gasteiger partial charge in [0.2, 0.25) is 5.91 Å². The lowest BCUT2D eigenvalue weighted by atomic mass is 10.1. The molecule has 1 amide bonds. The topological polar surface area (TPSA) is 67.7 Å². The maximum atomic E-state index is 12.2. The summed E-state index contributed by atoms with van der Waals surface area (Å²) in [6.45, 7) is 1.28. The Hall–Kier alpha value is -1.89. The van der Waals surface area contributed by atoms with Crippen molar-refractivity contribution in [3.8, 4) is 0 Å². The van der Waals surface area contributed by atoms with Crippen molar-refractivity contribution in [3.05, 3.63) is 22.6 Å². The summed E-state index contributed by atoms with van der Waals surface area (Å²) in [4.78, 5) is 27.6. The molecule has 122 valence electrons. The van der Waals surface area contributed by atoms with Crippen LogP contribution in [0.25, 0.3) is 0 Å². The Bertz CT molecular complexity index is 564. The average Bonchev–Trinajstić information content (AvgIpc) is 2.50. The summed E-state index contributed by atoms with van der Waals surface area (Å²) in [7, 11) is 5.41. The summed E-state index contributed by atoms with van der Waals surface area (Å²) >= 11 is 0. The maximum Gasteiger partial charge on any atom is 0.269 e. The van der Waals surface area contributed by atoms with Gasteiger partial charge in [0.1, 0.15) is 6.54 Å². The molecular weight excluding hydrogens is 284 g/mol. The van der Waals surface area contributed by atoms with Crippen molar-refractivity contribution in [3.63, 3.8) is 0 Å². The molecule has 1 aliphatic rings. The van der Waals surface area contributed by atoms with Gasteiger partial charge in [0, 0.05) is 40.4 Å². The van der Waals surface area contributed by atoms with Crippen LogP contribution in [0.2, 0.25) is 0 Å². The van der Waals surface area contributed by atoms with E-state index in [2.05, 4.69) is 5.10 Å². The predicted molar refractivity (Wildman–Crippen MR) is 84.1 cm³/mol. The van der Waals surface area contributed by atoms with E-state index in [4.69, 9.17) is 4.74 Å². The molecule has 0 spiro atoms. The van der Waals surface area contributed by atoms with Crippen LogP contribution in [0.15, 0.2) is 17.1 Å². The standard InChI is InChI=1S/C15H24N4O3/c1-17(2)12-8-14(20)19(16-9-12)11-15(21)18(3)10-13-6-4-5-7-22-13/h8-9,13H,4-7,10-11H2,1-3H3/t13-/m0/s1. The fraction of sp³-hybridized carbons (Fsp3) is 0.667. The summed E-state index contributed by atoms with van der Waals surface area (Å²) in [5.74, 6) is -0.138. The number of anilines is 1. The third-order valence-electron chi connectivity index (χ3n) is 3.83. The van der Waals surface area contributed by atoms with Crippen LogP contribution in [-0.4, -0.2) is 61.0 Å². The van der Waals surface area contributed by atoms with Gasteiger partial charge in [-0.25, -0.2) is 4.68 Å². The van der Waals surface area contributed by atoms with Crippen molar-refractivity contribution in [2.24, 2.45) is 0 Å². The van der Waals surface area contributed by atoms with Crippen LogP contribution in [-0.2, 0) is 16.1 Å². The highest BCUT2D eigenvalue weighted by Gasteiger charge is 2.19. The predicted octanol–water partition coefficient (Wildman–Crippen LogP) is 0.337. The highest BCUT2D eigenvalue weighted by atomic mass is 16.5. The highest BCUT2D eigenvalue weighted by Crippen LogP contribution is 2.13. The molecule has 1 saturated heterocycles. The fourth-order valence-electron chi connectivity index (χ4n) is 2.39. The van der Waals surface area contributed by atoms with Crippen molar-refractivity contribution in [1.82, 2.24) is 14.7 Å². The maximum absolute atomic E-state index is 12.2. The number of aromatic nitrogens is 2. The van der Waals surface area contributed by atoms with Gasteiger partial charge in [0.15, 0.2) is 0 Å². The van der Waals surface area contributed by atoms with Crippen LogP contribution in [0.4, 0.5) is 5.69 Å². The molecule has 2 rings (SSSR count). The van der Waals surface area contributed by atoms with Crippen molar-refractivity contribution < 1.29 is 9.53 Å². The van der Waals surface area contributed by atoms with Crippen molar-refractivity contribution >= 4 is 11.6 Å². The number of hydrogen-bond donors (Lipinski definition) is 0. The molecule has 0 unspecified atom stereocenters. The molecule has 1 aromatic heterocycles. The Morgan fingerprint density at radius 2 is 2.18 bits per heavy atom. The largest absolute Gasteiger partial charge is 0.376 e. The molecule has 0 bridgehead atoms. The van der Waals surface area contributed by atoms with Gasteiger partial charge in [-0.05, 0) is 19.3 Å². The van der Waals surface area contributed by atoms with Crippen molar-refractivity contribution in [2.45, 2.75) is 31.9 Å². The third-order valence-corrected chi connectivity index (χ3v) is 3.83. The van der Waals surface area contributed by atoms with E-state index in [-0.39, 0.29) is 24.1 Å². The SMILES string of the molecule is CN(C[C@@H]1CCCCO1)C(=O)Cn1ncc(N(C)C)cc1=O. The van der Waals surface area contributed by atoms with E-state index in [0.717, 1.165) is 31.6 Å². The van der Waals surface area contributed by atoms with Gasteiger partial charge in [-0.3, -0.25) is 9.59 Å². The van der Waals surface area contributed by atoms with Gasteiger partial charge in [-0.1, -0.05) is 0 Å². The lowest BCUT2D eigenvalue weighted by molar-refractivity contribution is -0.133. The Morgan fingerprint density at radius 3 is 2.77 bits per heavy atom. The molecule has 7 nitrogen and oxygen atoms in total. The third kappa shape index (κ3) is 4.30. The number of ether oxygens (including phenoxy) is 1. The second-order valence-corrected chi connectivity index (χ2v) is 5.87. The van der Waals surface area contributed by atoms with Crippen LogP contribution >= 0.6 is 0 Å². The van der Waals surface area contributed by atoms with Gasteiger partial charge >= 0.3 is 0 Å². The summed E-state index contributed by atoms with van der Waals surface area (Å²) in [6, 6.07) is 1.48. The van der Waals surface area contributed by atoms with E-state index in [1.165, 1.54) is 10.7 Å².